The van der Waals surface area contributed by atoms with Crippen molar-refractivity contribution < 1.29 is 34.2 Å². The largest absolute Gasteiger partial charge is 0.469 e. The van der Waals surface area contributed by atoms with Gasteiger partial charge in [0.05, 0.1) is 12.7 Å². The number of aliphatic hydroxyl groups is 3. The Morgan fingerprint density at radius 2 is 1.85 bits per heavy atom. The monoisotopic (exact) mass is 216 g/mol. The predicted octanol–water partition coefficient (Wildman–Crippen LogP) is -1.80. The van der Waals surface area contributed by atoms with Crippen molar-refractivity contribution in [2.45, 2.75) is 25.2 Å². The second-order valence-corrected chi connectivity index (χ2v) is 3.73. The van der Waals surface area contributed by atoms with E-state index in [2.05, 4.69) is 4.52 Å². The van der Waals surface area contributed by atoms with Crippen molar-refractivity contribution in [1.82, 2.24) is 0 Å². The Morgan fingerprint density at radius 1 is 1.38 bits per heavy atom. The number of rotatable bonds is 5. The number of aliphatic hydroxyl groups excluding tert-OH is 3. The van der Waals surface area contributed by atoms with Crippen LogP contribution in [0.2, 0.25) is 0 Å². The van der Waals surface area contributed by atoms with E-state index in [1.165, 1.54) is 6.92 Å². The molecule has 0 saturated heterocycles. The molecule has 7 nitrogen and oxygen atoms in total. The molecule has 80 valence electrons. The third-order valence-corrected chi connectivity index (χ3v) is 1.97. The summed E-state index contributed by atoms with van der Waals surface area (Å²) in [5.74, 6) is 0. The van der Waals surface area contributed by atoms with Crippen molar-refractivity contribution in [1.29, 1.82) is 0 Å². The summed E-state index contributed by atoms with van der Waals surface area (Å²) < 4.78 is 14.3. The third kappa shape index (κ3) is 5.33. The van der Waals surface area contributed by atoms with Crippen molar-refractivity contribution in [3.05, 3.63) is 0 Å². The van der Waals surface area contributed by atoms with Gasteiger partial charge in [-0.2, -0.15) is 0 Å². The fourth-order valence-electron chi connectivity index (χ4n) is 0.700. The van der Waals surface area contributed by atoms with Crippen molar-refractivity contribution in [3.8, 4) is 0 Å². The molecular formula is C5H13O7P. The summed E-state index contributed by atoms with van der Waals surface area (Å²) in [6.07, 6.45) is -4.29. The molecule has 0 radical (unpaired) electrons. The molecular weight excluding hydrogens is 203 g/mol. The highest BCUT2D eigenvalue weighted by Crippen LogP contribution is 2.38. The lowest BCUT2D eigenvalue weighted by atomic mass is 10.1. The molecule has 0 amide bonds. The minimum Gasteiger partial charge on any atom is -0.394 e. The zero-order chi connectivity index (χ0) is 10.6. The minimum atomic E-state index is -4.68. The predicted molar refractivity (Wildman–Crippen MR) is 41.7 cm³/mol. The SMILES string of the molecule is CC(OP(=O)(O)O)[C@H](O)[C@H](O)CO. The molecule has 0 bridgehead atoms. The Hall–Kier alpha value is -0.0100. The average molecular weight is 216 g/mol. The van der Waals surface area contributed by atoms with Gasteiger partial charge in [-0.15, -0.1) is 0 Å². The van der Waals surface area contributed by atoms with E-state index in [4.69, 9.17) is 25.1 Å². The standard InChI is InChI=1S/C5H13O7P/c1-3(12-13(9,10)11)5(8)4(7)2-6/h3-8H,2H2,1H3,(H2,9,10,11)/t3?,4-,5+/m1/s1. The lowest BCUT2D eigenvalue weighted by Crippen LogP contribution is -2.38. The summed E-state index contributed by atoms with van der Waals surface area (Å²) in [4.78, 5) is 16.7. The molecule has 0 saturated carbocycles. The van der Waals surface area contributed by atoms with Crippen LogP contribution >= 0.6 is 7.82 Å². The van der Waals surface area contributed by atoms with Gasteiger partial charge in [0.2, 0.25) is 0 Å². The first kappa shape index (κ1) is 13.0. The van der Waals surface area contributed by atoms with E-state index in [0.29, 0.717) is 0 Å². The Kier molecular flexibility index (Phi) is 5.01. The van der Waals surface area contributed by atoms with E-state index >= 15 is 0 Å². The van der Waals surface area contributed by atoms with Crippen LogP contribution in [0.15, 0.2) is 0 Å². The minimum absolute atomic E-state index is 0.712. The molecule has 0 rings (SSSR count). The molecule has 1 unspecified atom stereocenters. The van der Waals surface area contributed by atoms with Crippen molar-refractivity contribution in [2.24, 2.45) is 0 Å². The van der Waals surface area contributed by atoms with Gasteiger partial charge in [0, 0.05) is 0 Å². The highest BCUT2D eigenvalue weighted by Gasteiger charge is 2.28. The van der Waals surface area contributed by atoms with Crippen LogP contribution < -0.4 is 0 Å². The average Bonchev–Trinajstić information content (AvgIpc) is 1.98. The summed E-state index contributed by atoms with van der Waals surface area (Å²) in [5, 5.41) is 26.3. The summed E-state index contributed by atoms with van der Waals surface area (Å²) in [5.41, 5.74) is 0. The first-order chi connectivity index (χ1) is 5.78. The zero-order valence-corrected chi connectivity index (χ0v) is 7.83. The van der Waals surface area contributed by atoms with Gasteiger partial charge in [0.15, 0.2) is 0 Å². The van der Waals surface area contributed by atoms with Crippen LogP contribution in [0.5, 0.6) is 0 Å². The fourth-order valence-corrected chi connectivity index (χ4v) is 1.26. The van der Waals surface area contributed by atoms with Gasteiger partial charge in [0.1, 0.15) is 12.2 Å². The Balaban J connectivity index is 4.11. The maximum absolute atomic E-state index is 10.3. The Labute approximate surface area is 74.8 Å². The van der Waals surface area contributed by atoms with E-state index in [1.807, 2.05) is 0 Å². The lowest BCUT2D eigenvalue weighted by molar-refractivity contribution is -0.0678. The summed E-state index contributed by atoms with van der Waals surface area (Å²) in [6.45, 7) is 0.457. The van der Waals surface area contributed by atoms with Gasteiger partial charge in [-0.3, -0.25) is 4.52 Å². The third-order valence-electron chi connectivity index (χ3n) is 1.37. The van der Waals surface area contributed by atoms with Crippen LogP contribution in [-0.4, -0.2) is 50.0 Å². The molecule has 0 aromatic carbocycles. The van der Waals surface area contributed by atoms with E-state index in [0.717, 1.165) is 0 Å². The molecule has 0 aromatic heterocycles. The van der Waals surface area contributed by atoms with E-state index < -0.39 is 32.7 Å². The number of hydrogen-bond donors (Lipinski definition) is 5. The maximum Gasteiger partial charge on any atom is 0.469 e. The van der Waals surface area contributed by atoms with Crippen molar-refractivity contribution >= 4 is 7.82 Å². The zero-order valence-electron chi connectivity index (χ0n) is 6.94. The van der Waals surface area contributed by atoms with E-state index in [1.54, 1.807) is 0 Å². The normalized spacial score (nSPS) is 19.5. The van der Waals surface area contributed by atoms with Crippen molar-refractivity contribution in [3.63, 3.8) is 0 Å². The van der Waals surface area contributed by atoms with E-state index in [-0.39, 0.29) is 0 Å². The van der Waals surface area contributed by atoms with Gasteiger partial charge in [0.25, 0.3) is 0 Å². The first-order valence-electron chi connectivity index (χ1n) is 3.49. The summed E-state index contributed by atoms with van der Waals surface area (Å²) in [7, 11) is -4.68. The summed E-state index contributed by atoms with van der Waals surface area (Å²) in [6, 6.07) is 0. The Morgan fingerprint density at radius 3 is 2.15 bits per heavy atom. The molecule has 0 fully saturated rings. The molecule has 0 aromatic rings. The molecule has 0 aliphatic rings. The first-order valence-corrected chi connectivity index (χ1v) is 5.02. The molecule has 0 spiro atoms. The smallest absolute Gasteiger partial charge is 0.394 e. The number of phosphoric ester groups is 1. The maximum atomic E-state index is 10.3. The molecule has 3 atom stereocenters. The van der Waals surface area contributed by atoms with Crippen LogP contribution in [-0.2, 0) is 9.09 Å². The molecule has 0 heterocycles. The quantitative estimate of drug-likeness (QED) is 0.343. The van der Waals surface area contributed by atoms with Crippen LogP contribution in [0.3, 0.4) is 0 Å². The molecule has 8 heteroatoms. The molecule has 13 heavy (non-hydrogen) atoms. The molecule has 5 N–H and O–H groups in total. The molecule has 0 aliphatic heterocycles. The number of hydrogen-bond acceptors (Lipinski definition) is 5. The lowest BCUT2D eigenvalue weighted by Gasteiger charge is -2.22. The van der Waals surface area contributed by atoms with Crippen LogP contribution in [0.4, 0.5) is 0 Å². The topological polar surface area (TPSA) is 127 Å². The number of phosphoric acid groups is 1. The van der Waals surface area contributed by atoms with Crippen molar-refractivity contribution in [2.75, 3.05) is 6.61 Å². The second kappa shape index (κ2) is 5.02. The van der Waals surface area contributed by atoms with Gasteiger partial charge < -0.3 is 25.1 Å². The molecule has 0 aliphatic carbocycles. The van der Waals surface area contributed by atoms with Crippen LogP contribution in [0.1, 0.15) is 6.92 Å². The van der Waals surface area contributed by atoms with Gasteiger partial charge in [-0.25, -0.2) is 4.57 Å². The highest BCUT2D eigenvalue weighted by molar-refractivity contribution is 7.46. The van der Waals surface area contributed by atoms with Gasteiger partial charge in [-0.1, -0.05) is 0 Å². The Bertz CT molecular complexity index is 189. The summed E-state index contributed by atoms with van der Waals surface area (Å²) >= 11 is 0. The second-order valence-electron chi connectivity index (χ2n) is 2.54. The van der Waals surface area contributed by atoms with E-state index in [9.17, 15) is 4.57 Å². The highest BCUT2D eigenvalue weighted by atomic mass is 31.2. The van der Waals surface area contributed by atoms with Gasteiger partial charge >= 0.3 is 7.82 Å². The van der Waals surface area contributed by atoms with Crippen LogP contribution in [0.25, 0.3) is 0 Å². The van der Waals surface area contributed by atoms with Crippen LogP contribution in [0, 0.1) is 0 Å². The fraction of sp³-hybridized carbons (Fsp3) is 1.00. The van der Waals surface area contributed by atoms with Gasteiger partial charge in [-0.05, 0) is 6.92 Å².